The molecule has 2 rings (SSSR count). The van der Waals surface area contributed by atoms with Gasteiger partial charge in [0.05, 0.1) is 0 Å². The molecule has 1 unspecified atom stereocenters. The number of nitrogens with one attached hydrogen (secondary N) is 1. The largest absolute Gasteiger partial charge is 0.347 e. The van der Waals surface area contributed by atoms with Crippen molar-refractivity contribution in [3.63, 3.8) is 0 Å². The van der Waals surface area contributed by atoms with E-state index < -0.39 is 0 Å². The summed E-state index contributed by atoms with van der Waals surface area (Å²) in [7, 11) is 0. The molecule has 1 aliphatic heterocycles. The topological polar surface area (TPSA) is 50.7 Å². The Balaban J connectivity index is 2.65. The van der Waals surface area contributed by atoms with E-state index in [1.165, 1.54) is 4.57 Å². The molecule has 5 heteroatoms. The van der Waals surface area contributed by atoms with Crippen molar-refractivity contribution in [3.8, 4) is 0 Å². The zero-order valence-electron chi connectivity index (χ0n) is 6.54. The fraction of sp³-hybridized carbons (Fsp3) is 0.429. The van der Waals surface area contributed by atoms with Gasteiger partial charge in [0.15, 0.2) is 0 Å². The maximum atomic E-state index is 11.1. The number of aromatic nitrogens is 3. The Bertz CT molecular complexity index is 390. The number of halogens is 1. The van der Waals surface area contributed by atoms with Crippen LogP contribution in [0.5, 0.6) is 0 Å². The zero-order valence-corrected chi connectivity index (χ0v) is 8.13. The maximum Gasteiger partial charge on any atom is 0.347 e. The lowest BCUT2D eigenvalue weighted by Gasteiger charge is -2.14. The summed E-state index contributed by atoms with van der Waals surface area (Å²) in [6.07, 6.45) is 2.67. The van der Waals surface area contributed by atoms with Gasteiger partial charge in [-0.1, -0.05) is 22.9 Å². The van der Waals surface area contributed by atoms with Crippen molar-refractivity contribution < 1.29 is 0 Å². The Morgan fingerprint density at radius 3 is 3.33 bits per heavy atom. The Hall–Kier alpha value is -0.840. The number of aromatic amines is 1. The van der Waals surface area contributed by atoms with E-state index in [-0.39, 0.29) is 5.69 Å². The average molecular weight is 230 g/mol. The monoisotopic (exact) mass is 229 g/mol. The molecule has 4 nitrogen and oxygen atoms in total. The minimum Gasteiger partial charge on any atom is -0.253 e. The van der Waals surface area contributed by atoms with Crippen molar-refractivity contribution in [2.75, 3.05) is 0 Å². The van der Waals surface area contributed by atoms with Crippen LogP contribution in [0.3, 0.4) is 0 Å². The molecule has 2 heterocycles. The quantitative estimate of drug-likeness (QED) is 0.729. The van der Waals surface area contributed by atoms with Gasteiger partial charge in [0.25, 0.3) is 0 Å². The minimum absolute atomic E-state index is 0.173. The summed E-state index contributed by atoms with van der Waals surface area (Å²) in [6.45, 7) is 2.04. The first-order valence-corrected chi connectivity index (χ1v) is 4.51. The third-order valence-corrected chi connectivity index (χ3v) is 2.47. The Labute approximate surface area is 77.4 Å². The van der Waals surface area contributed by atoms with Crippen LogP contribution in [0.15, 0.2) is 9.28 Å². The van der Waals surface area contributed by atoms with Crippen LogP contribution in [0.25, 0.3) is 6.20 Å². The van der Waals surface area contributed by atoms with Gasteiger partial charge in [0, 0.05) is 16.6 Å². The lowest BCUT2D eigenvalue weighted by molar-refractivity contribution is 0.677. The highest BCUT2D eigenvalue weighted by molar-refractivity contribution is 9.11. The predicted molar refractivity (Wildman–Crippen MR) is 49.1 cm³/mol. The number of allylic oxidation sites excluding steroid dienone is 1. The first-order valence-electron chi connectivity index (χ1n) is 3.71. The first-order chi connectivity index (χ1) is 5.68. The standard InChI is InChI=1S/C7H8BrN3O/c1-4-2-5(8)3-11-6(4)9-10-7(11)12/h3-4H,2H2,1H3,(H,10,12). The van der Waals surface area contributed by atoms with Gasteiger partial charge in [0.2, 0.25) is 0 Å². The molecule has 1 aliphatic rings. The SMILES string of the molecule is CC1CC(Br)=Cn2c1n[nH]c2=O. The summed E-state index contributed by atoms with van der Waals surface area (Å²) in [5.74, 6) is 1.10. The summed E-state index contributed by atoms with van der Waals surface area (Å²) < 4.78 is 2.57. The van der Waals surface area contributed by atoms with Gasteiger partial charge in [-0.15, -0.1) is 0 Å². The van der Waals surface area contributed by atoms with Crippen molar-refractivity contribution in [1.82, 2.24) is 14.8 Å². The van der Waals surface area contributed by atoms with Crippen LogP contribution in [-0.2, 0) is 0 Å². The molecule has 64 valence electrons. The Kier molecular flexibility index (Phi) is 1.68. The van der Waals surface area contributed by atoms with Gasteiger partial charge in [-0.2, -0.15) is 5.10 Å². The second-order valence-corrected chi connectivity index (χ2v) is 3.96. The van der Waals surface area contributed by atoms with Crippen molar-refractivity contribution >= 4 is 22.1 Å². The number of hydrogen-bond acceptors (Lipinski definition) is 2. The van der Waals surface area contributed by atoms with Gasteiger partial charge in [-0.05, 0) is 6.42 Å². The molecule has 1 atom stereocenters. The van der Waals surface area contributed by atoms with E-state index in [1.807, 2.05) is 6.92 Å². The van der Waals surface area contributed by atoms with E-state index in [4.69, 9.17) is 0 Å². The molecule has 0 saturated carbocycles. The molecule has 0 amide bonds. The summed E-state index contributed by atoms with van der Waals surface area (Å²) in [4.78, 5) is 11.1. The van der Waals surface area contributed by atoms with Gasteiger partial charge in [-0.25, -0.2) is 9.89 Å². The molecule has 0 spiro atoms. The summed E-state index contributed by atoms with van der Waals surface area (Å²) >= 11 is 3.38. The van der Waals surface area contributed by atoms with Crippen molar-refractivity contribution in [2.45, 2.75) is 19.3 Å². The molecule has 12 heavy (non-hydrogen) atoms. The molecular formula is C7H8BrN3O. The molecule has 1 aromatic rings. The van der Waals surface area contributed by atoms with Crippen molar-refractivity contribution in [1.29, 1.82) is 0 Å². The van der Waals surface area contributed by atoms with E-state index in [9.17, 15) is 4.79 Å². The molecule has 0 aromatic carbocycles. The molecule has 0 bridgehead atoms. The number of fused-ring (bicyclic) bond motifs is 1. The fourth-order valence-corrected chi connectivity index (χ4v) is 2.06. The molecule has 1 N–H and O–H groups in total. The van der Waals surface area contributed by atoms with E-state index >= 15 is 0 Å². The molecule has 0 radical (unpaired) electrons. The summed E-state index contributed by atoms with van der Waals surface area (Å²) in [5, 5.41) is 6.35. The summed E-state index contributed by atoms with van der Waals surface area (Å²) in [6, 6.07) is 0. The number of nitrogens with zero attached hydrogens (tertiary/aromatic N) is 2. The van der Waals surface area contributed by atoms with Crippen LogP contribution < -0.4 is 5.69 Å². The Morgan fingerprint density at radius 1 is 1.83 bits per heavy atom. The predicted octanol–water partition coefficient (Wildman–Crippen LogP) is 1.27. The highest BCUT2D eigenvalue weighted by atomic mass is 79.9. The van der Waals surface area contributed by atoms with Crippen molar-refractivity contribution in [3.05, 3.63) is 20.8 Å². The fourth-order valence-electron chi connectivity index (χ4n) is 1.37. The van der Waals surface area contributed by atoms with Crippen molar-refractivity contribution in [2.24, 2.45) is 0 Å². The first kappa shape index (κ1) is 7.79. The molecule has 1 aromatic heterocycles. The second-order valence-electron chi connectivity index (χ2n) is 2.94. The van der Waals surface area contributed by atoms with Gasteiger partial charge < -0.3 is 0 Å². The summed E-state index contributed by atoms with van der Waals surface area (Å²) in [5.41, 5.74) is -0.173. The number of rotatable bonds is 0. The third-order valence-electron chi connectivity index (χ3n) is 1.94. The lowest BCUT2D eigenvalue weighted by Crippen LogP contribution is -2.17. The highest BCUT2D eigenvalue weighted by Crippen LogP contribution is 2.28. The smallest absolute Gasteiger partial charge is 0.253 e. The lowest BCUT2D eigenvalue weighted by atomic mass is 10.1. The molecule has 0 aliphatic carbocycles. The normalized spacial score (nSPS) is 21.8. The van der Waals surface area contributed by atoms with E-state index in [0.29, 0.717) is 5.92 Å². The van der Waals surface area contributed by atoms with Crippen LogP contribution >= 0.6 is 15.9 Å². The van der Waals surface area contributed by atoms with Gasteiger partial charge in [-0.3, -0.25) is 4.57 Å². The second kappa shape index (κ2) is 2.58. The molecule has 0 fully saturated rings. The van der Waals surface area contributed by atoms with Crippen LogP contribution in [0.1, 0.15) is 25.1 Å². The number of H-pyrrole nitrogens is 1. The van der Waals surface area contributed by atoms with Crippen LogP contribution in [0.2, 0.25) is 0 Å². The third kappa shape index (κ3) is 1.04. The molecular weight excluding hydrogens is 222 g/mol. The van der Waals surface area contributed by atoms with Gasteiger partial charge in [0.1, 0.15) is 5.82 Å². The van der Waals surface area contributed by atoms with Crippen LogP contribution in [-0.4, -0.2) is 14.8 Å². The van der Waals surface area contributed by atoms with Gasteiger partial charge >= 0.3 is 5.69 Å². The number of hydrogen-bond donors (Lipinski definition) is 1. The van der Waals surface area contributed by atoms with Crippen LogP contribution in [0.4, 0.5) is 0 Å². The average Bonchev–Trinajstić information content (AvgIpc) is 2.33. The van der Waals surface area contributed by atoms with E-state index in [0.717, 1.165) is 16.7 Å². The zero-order chi connectivity index (χ0) is 8.72. The molecule has 0 saturated heterocycles. The minimum atomic E-state index is -0.173. The van der Waals surface area contributed by atoms with Crippen LogP contribution in [0, 0.1) is 0 Å². The maximum absolute atomic E-state index is 11.1. The van der Waals surface area contributed by atoms with E-state index in [2.05, 4.69) is 26.1 Å². The highest BCUT2D eigenvalue weighted by Gasteiger charge is 2.19. The Morgan fingerprint density at radius 2 is 2.58 bits per heavy atom. The van der Waals surface area contributed by atoms with E-state index in [1.54, 1.807) is 6.20 Å².